The zero-order valence-electron chi connectivity index (χ0n) is 12.5. The molecule has 0 fully saturated rings. The quantitative estimate of drug-likeness (QED) is 0.724. The van der Waals surface area contributed by atoms with E-state index >= 15 is 0 Å². The largest absolute Gasteiger partial charge is 0.497 e. The molecule has 0 spiro atoms. The van der Waals surface area contributed by atoms with Crippen molar-refractivity contribution in [3.63, 3.8) is 0 Å². The van der Waals surface area contributed by atoms with Gasteiger partial charge in [-0.15, -0.1) is 11.3 Å². The molecular formula is C15H13N3O4S2. The van der Waals surface area contributed by atoms with Crippen molar-refractivity contribution < 1.29 is 13.2 Å². The Hall–Kier alpha value is -2.65. The number of H-pyrrole nitrogens is 1. The number of anilines is 1. The summed E-state index contributed by atoms with van der Waals surface area (Å²) in [6.45, 7) is 0. The van der Waals surface area contributed by atoms with Crippen molar-refractivity contribution in [3.8, 4) is 17.0 Å². The lowest BCUT2D eigenvalue weighted by atomic mass is 10.2. The van der Waals surface area contributed by atoms with E-state index in [4.69, 9.17) is 4.74 Å². The summed E-state index contributed by atoms with van der Waals surface area (Å²) in [6.07, 6.45) is 0. The molecule has 24 heavy (non-hydrogen) atoms. The maximum Gasteiger partial charge on any atom is 0.271 e. The van der Waals surface area contributed by atoms with E-state index < -0.39 is 10.0 Å². The second kappa shape index (κ2) is 6.46. The molecule has 3 rings (SSSR count). The Morgan fingerprint density at radius 1 is 1.21 bits per heavy atom. The van der Waals surface area contributed by atoms with Gasteiger partial charge in [-0.1, -0.05) is 6.07 Å². The van der Waals surface area contributed by atoms with Crippen LogP contribution >= 0.6 is 11.3 Å². The molecule has 0 aliphatic rings. The van der Waals surface area contributed by atoms with E-state index in [1.165, 1.54) is 25.3 Å². The Balaban J connectivity index is 1.87. The van der Waals surface area contributed by atoms with Gasteiger partial charge in [0.25, 0.3) is 15.6 Å². The van der Waals surface area contributed by atoms with E-state index in [-0.39, 0.29) is 9.77 Å². The van der Waals surface area contributed by atoms with Crippen LogP contribution < -0.4 is 15.0 Å². The molecule has 0 saturated heterocycles. The molecule has 0 atom stereocenters. The lowest BCUT2D eigenvalue weighted by molar-refractivity contribution is 0.415. The Bertz CT molecular complexity index is 1000. The highest BCUT2D eigenvalue weighted by Crippen LogP contribution is 2.28. The highest BCUT2D eigenvalue weighted by atomic mass is 32.2. The van der Waals surface area contributed by atoms with Crippen LogP contribution in [0.5, 0.6) is 5.75 Å². The number of hydrogen-bond acceptors (Lipinski definition) is 6. The molecular weight excluding hydrogens is 350 g/mol. The first-order valence-electron chi connectivity index (χ1n) is 6.79. The summed E-state index contributed by atoms with van der Waals surface area (Å²) in [7, 11) is -2.21. The van der Waals surface area contributed by atoms with Crippen molar-refractivity contribution in [1.82, 2.24) is 10.2 Å². The van der Waals surface area contributed by atoms with Crippen LogP contribution in [0.3, 0.4) is 0 Å². The average molecular weight is 363 g/mol. The summed E-state index contributed by atoms with van der Waals surface area (Å²) in [4.78, 5) is 11.0. The third-order valence-corrected chi connectivity index (χ3v) is 5.96. The molecule has 2 N–H and O–H groups in total. The van der Waals surface area contributed by atoms with E-state index in [0.29, 0.717) is 22.7 Å². The van der Waals surface area contributed by atoms with Gasteiger partial charge in [0.15, 0.2) is 0 Å². The monoisotopic (exact) mass is 363 g/mol. The number of aromatic nitrogens is 2. The molecule has 9 heteroatoms. The maximum atomic E-state index is 12.5. The molecule has 7 nitrogen and oxygen atoms in total. The zero-order valence-corrected chi connectivity index (χ0v) is 14.1. The predicted octanol–water partition coefficient (Wildman–Crippen LogP) is 2.31. The van der Waals surface area contributed by atoms with Gasteiger partial charge in [0, 0.05) is 23.1 Å². The second-order valence-corrected chi connectivity index (χ2v) is 7.62. The van der Waals surface area contributed by atoms with Crippen molar-refractivity contribution in [3.05, 3.63) is 58.2 Å². The van der Waals surface area contributed by atoms with Crippen LogP contribution in [0.1, 0.15) is 0 Å². The van der Waals surface area contributed by atoms with E-state index in [1.54, 1.807) is 29.6 Å². The summed E-state index contributed by atoms with van der Waals surface area (Å²) in [6, 6.07) is 11.0. The van der Waals surface area contributed by atoms with Crippen molar-refractivity contribution >= 4 is 27.0 Å². The molecule has 0 aliphatic carbocycles. The van der Waals surface area contributed by atoms with Crippen LogP contribution in [-0.4, -0.2) is 25.7 Å². The maximum absolute atomic E-state index is 12.5. The number of benzene rings is 1. The van der Waals surface area contributed by atoms with Crippen LogP contribution in [0.15, 0.2) is 56.8 Å². The van der Waals surface area contributed by atoms with Gasteiger partial charge in [0.05, 0.1) is 18.5 Å². The van der Waals surface area contributed by atoms with Gasteiger partial charge in [0.2, 0.25) is 0 Å². The smallest absolute Gasteiger partial charge is 0.271 e. The number of rotatable bonds is 5. The van der Waals surface area contributed by atoms with Gasteiger partial charge in [0.1, 0.15) is 9.96 Å². The second-order valence-electron chi connectivity index (χ2n) is 4.80. The molecule has 3 aromatic rings. The first-order chi connectivity index (χ1) is 11.5. The van der Waals surface area contributed by atoms with Gasteiger partial charge in [-0.3, -0.25) is 9.52 Å². The van der Waals surface area contributed by atoms with E-state index in [2.05, 4.69) is 14.9 Å². The number of nitrogens with one attached hydrogen (secondary N) is 2. The van der Waals surface area contributed by atoms with E-state index in [1.807, 2.05) is 0 Å². The molecule has 0 unspecified atom stereocenters. The molecule has 0 radical (unpaired) electrons. The lowest BCUT2D eigenvalue weighted by Gasteiger charge is -2.07. The van der Waals surface area contributed by atoms with Gasteiger partial charge < -0.3 is 4.74 Å². The number of ether oxygens (including phenoxy) is 1. The van der Waals surface area contributed by atoms with Crippen LogP contribution in [-0.2, 0) is 10.0 Å². The van der Waals surface area contributed by atoms with Crippen LogP contribution in [0, 0.1) is 0 Å². The van der Waals surface area contributed by atoms with Gasteiger partial charge in [-0.25, -0.2) is 13.5 Å². The van der Waals surface area contributed by atoms with E-state index in [9.17, 15) is 13.2 Å². The molecule has 124 valence electrons. The summed E-state index contributed by atoms with van der Waals surface area (Å²) in [5.41, 5.74) is 1.20. The summed E-state index contributed by atoms with van der Waals surface area (Å²) < 4.78 is 32.7. The number of sulfonamides is 1. The number of thiophene rings is 1. The molecule has 0 bridgehead atoms. The minimum atomic E-state index is -3.72. The van der Waals surface area contributed by atoms with E-state index in [0.717, 1.165) is 11.3 Å². The van der Waals surface area contributed by atoms with Crippen LogP contribution in [0.4, 0.5) is 5.69 Å². The molecule has 1 aromatic carbocycles. The fourth-order valence-electron chi connectivity index (χ4n) is 1.99. The Morgan fingerprint density at radius 3 is 2.75 bits per heavy atom. The van der Waals surface area contributed by atoms with Crippen molar-refractivity contribution in [2.75, 3.05) is 11.8 Å². The number of hydrogen-bond donors (Lipinski definition) is 2. The topological polar surface area (TPSA) is 101 Å². The normalized spacial score (nSPS) is 11.2. The highest BCUT2D eigenvalue weighted by molar-refractivity contribution is 7.94. The average Bonchev–Trinajstić information content (AvgIpc) is 3.06. The predicted molar refractivity (Wildman–Crippen MR) is 92.0 cm³/mol. The minimum absolute atomic E-state index is 0.147. The standard InChI is InChI=1S/C15H13N3O4S2/c1-22-12-4-2-3-11(8-12)18-24(20,21)15-7-10(9-23-15)13-5-6-14(19)17-16-13/h2-9,18H,1H3,(H,17,19). The highest BCUT2D eigenvalue weighted by Gasteiger charge is 2.18. The fraction of sp³-hybridized carbons (Fsp3) is 0.0667. The molecule has 0 aliphatic heterocycles. The van der Waals surface area contributed by atoms with Crippen LogP contribution in [0.25, 0.3) is 11.3 Å². The Labute approximate surface area is 142 Å². The molecule has 2 heterocycles. The number of nitrogens with zero attached hydrogens (tertiary/aromatic N) is 1. The Morgan fingerprint density at radius 2 is 2.04 bits per heavy atom. The zero-order chi connectivity index (χ0) is 17.2. The Kier molecular flexibility index (Phi) is 4.36. The van der Waals surface area contributed by atoms with Crippen molar-refractivity contribution in [1.29, 1.82) is 0 Å². The number of methoxy groups -OCH3 is 1. The third-order valence-electron chi connectivity index (χ3n) is 3.14. The van der Waals surface area contributed by atoms with Gasteiger partial charge in [-0.2, -0.15) is 5.10 Å². The molecule has 0 saturated carbocycles. The first kappa shape index (κ1) is 16.2. The van der Waals surface area contributed by atoms with Gasteiger partial charge in [-0.05, 0) is 24.3 Å². The SMILES string of the molecule is COc1cccc(NS(=O)(=O)c2cc(-c3ccc(=O)[nH]n3)cs2)c1. The molecule has 0 amide bonds. The minimum Gasteiger partial charge on any atom is -0.497 e. The summed E-state index contributed by atoms with van der Waals surface area (Å²) >= 11 is 1.07. The summed E-state index contributed by atoms with van der Waals surface area (Å²) in [5, 5.41) is 7.87. The van der Waals surface area contributed by atoms with Crippen LogP contribution in [0.2, 0.25) is 0 Å². The lowest BCUT2D eigenvalue weighted by Crippen LogP contribution is -2.11. The number of aromatic amines is 1. The van der Waals surface area contributed by atoms with Crippen molar-refractivity contribution in [2.24, 2.45) is 0 Å². The first-order valence-corrected chi connectivity index (χ1v) is 9.16. The van der Waals surface area contributed by atoms with Crippen molar-refractivity contribution in [2.45, 2.75) is 4.21 Å². The summed E-state index contributed by atoms with van der Waals surface area (Å²) in [5.74, 6) is 0.555. The fourth-order valence-corrected chi connectivity index (χ4v) is 4.21. The third kappa shape index (κ3) is 3.47. The molecule has 2 aromatic heterocycles. The van der Waals surface area contributed by atoms with Gasteiger partial charge >= 0.3 is 0 Å².